The summed E-state index contributed by atoms with van der Waals surface area (Å²) in [6.45, 7) is 1.45. The number of aliphatic hydroxyl groups excluding tert-OH is 1. The number of carboxylic acid groups (broad SMARTS) is 1. The highest BCUT2D eigenvalue weighted by Gasteiger charge is 2.28. The Hall–Kier alpha value is -0.650. The van der Waals surface area contributed by atoms with E-state index in [1.54, 1.807) is 0 Å². The monoisotopic (exact) mass is 203 g/mol. The first-order chi connectivity index (χ1) is 6.65. The average molecular weight is 203 g/mol. The molecular formula is C9H17NO4. The molecule has 2 N–H and O–H groups in total. The molecule has 82 valence electrons. The van der Waals surface area contributed by atoms with Gasteiger partial charge in [-0.1, -0.05) is 0 Å². The van der Waals surface area contributed by atoms with Crippen molar-refractivity contribution in [3.8, 4) is 0 Å². The average Bonchev–Trinajstić information content (AvgIpc) is 2.15. The maximum absolute atomic E-state index is 10.9. The second-order valence-electron chi connectivity index (χ2n) is 3.58. The summed E-state index contributed by atoms with van der Waals surface area (Å²) < 4.78 is 4.86. The Labute approximate surface area is 83.3 Å². The SMILES string of the molecule is COCC(C(=O)O)N1CCC(O)CC1. The fourth-order valence-corrected chi connectivity index (χ4v) is 1.69. The number of ether oxygens (including phenoxy) is 1. The van der Waals surface area contributed by atoms with Gasteiger partial charge in [-0.3, -0.25) is 9.69 Å². The summed E-state index contributed by atoms with van der Waals surface area (Å²) in [6.07, 6.45) is 1.02. The Morgan fingerprint density at radius 2 is 2.14 bits per heavy atom. The summed E-state index contributed by atoms with van der Waals surface area (Å²) >= 11 is 0. The van der Waals surface area contributed by atoms with E-state index in [4.69, 9.17) is 9.84 Å². The number of hydrogen-bond donors (Lipinski definition) is 2. The molecule has 0 saturated carbocycles. The normalized spacial score (nSPS) is 22.1. The van der Waals surface area contributed by atoms with Crippen LogP contribution in [0.15, 0.2) is 0 Å². The van der Waals surface area contributed by atoms with E-state index in [1.165, 1.54) is 7.11 Å². The van der Waals surface area contributed by atoms with Crippen molar-refractivity contribution in [3.63, 3.8) is 0 Å². The Bertz CT molecular complexity index is 189. The molecule has 1 fully saturated rings. The maximum atomic E-state index is 10.9. The third-order valence-electron chi connectivity index (χ3n) is 2.55. The van der Waals surface area contributed by atoms with Crippen molar-refractivity contribution < 1.29 is 19.7 Å². The van der Waals surface area contributed by atoms with Crippen LogP contribution in [0.1, 0.15) is 12.8 Å². The van der Waals surface area contributed by atoms with Gasteiger partial charge in [0.1, 0.15) is 6.04 Å². The van der Waals surface area contributed by atoms with Crippen LogP contribution in [-0.4, -0.2) is 60.0 Å². The van der Waals surface area contributed by atoms with Gasteiger partial charge in [0, 0.05) is 20.2 Å². The Morgan fingerprint density at radius 3 is 2.57 bits per heavy atom. The fraction of sp³-hybridized carbons (Fsp3) is 0.889. The first-order valence-corrected chi connectivity index (χ1v) is 4.79. The summed E-state index contributed by atoms with van der Waals surface area (Å²) in [4.78, 5) is 12.7. The Balaban J connectivity index is 2.47. The topological polar surface area (TPSA) is 70.0 Å². The van der Waals surface area contributed by atoms with Gasteiger partial charge >= 0.3 is 5.97 Å². The summed E-state index contributed by atoms with van der Waals surface area (Å²) in [7, 11) is 1.49. The standard InChI is InChI=1S/C9H17NO4/c1-14-6-8(9(12)13)10-4-2-7(11)3-5-10/h7-8,11H,2-6H2,1H3,(H,12,13). The number of likely N-dealkylation sites (tertiary alicyclic amines) is 1. The molecular weight excluding hydrogens is 186 g/mol. The zero-order valence-electron chi connectivity index (χ0n) is 8.35. The van der Waals surface area contributed by atoms with Crippen LogP contribution in [0, 0.1) is 0 Å². The van der Waals surface area contributed by atoms with Crippen molar-refractivity contribution in [1.82, 2.24) is 4.90 Å². The van der Waals surface area contributed by atoms with Crippen molar-refractivity contribution >= 4 is 5.97 Å². The summed E-state index contributed by atoms with van der Waals surface area (Å²) in [5.41, 5.74) is 0. The predicted molar refractivity (Wildman–Crippen MR) is 50.1 cm³/mol. The van der Waals surface area contributed by atoms with Crippen LogP contribution in [0.4, 0.5) is 0 Å². The van der Waals surface area contributed by atoms with E-state index in [-0.39, 0.29) is 12.7 Å². The highest BCUT2D eigenvalue weighted by molar-refractivity contribution is 5.73. The van der Waals surface area contributed by atoms with Crippen molar-refractivity contribution in [2.24, 2.45) is 0 Å². The van der Waals surface area contributed by atoms with Gasteiger partial charge in [0.15, 0.2) is 0 Å². The molecule has 1 rings (SSSR count). The fourth-order valence-electron chi connectivity index (χ4n) is 1.69. The molecule has 0 aliphatic carbocycles. The molecule has 1 heterocycles. The van der Waals surface area contributed by atoms with Crippen molar-refractivity contribution in [2.45, 2.75) is 25.0 Å². The molecule has 0 radical (unpaired) electrons. The highest BCUT2D eigenvalue weighted by Crippen LogP contribution is 2.13. The molecule has 1 atom stereocenters. The van der Waals surface area contributed by atoms with Crippen molar-refractivity contribution in [2.75, 3.05) is 26.8 Å². The van der Waals surface area contributed by atoms with Gasteiger partial charge in [0.05, 0.1) is 12.7 Å². The zero-order valence-corrected chi connectivity index (χ0v) is 8.35. The van der Waals surface area contributed by atoms with E-state index < -0.39 is 12.0 Å². The van der Waals surface area contributed by atoms with Crippen LogP contribution in [0.25, 0.3) is 0 Å². The number of carbonyl (C=O) groups is 1. The largest absolute Gasteiger partial charge is 0.480 e. The molecule has 5 heteroatoms. The first-order valence-electron chi connectivity index (χ1n) is 4.79. The van der Waals surface area contributed by atoms with Gasteiger partial charge in [-0.25, -0.2) is 0 Å². The molecule has 5 nitrogen and oxygen atoms in total. The number of carboxylic acids is 1. The zero-order chi connectivity index (χ0) is 10.6. The van der Waals surface area contributed by atoms with E-state index in [0.717, 1.165) is 0 Å². The van der Waals surface area contributed by atoms with Crippen LogP contribution in [0.3, 0.4) is 0 Å². The number of aliphatic carboxylic acids is 1. The minimum Gasteiger partial charge on any atom is -0.480 e. The molecule has 0 aromatic heterocycles. The van der Waals surface area contributed by atoms with Gasteiger partial charge < -0.3 is 14.9 Å². The molecule has 1 aliphatic rings. The molecule has 0 amide bonds. The summed E-state index contributed by atoms with van der Waals surface area (Å²) in [5, 5.41) is 18.2. The van der Waals surface area contributed by atoms with Crippen molar-refractivity contribution in [1.29, 1.82) is 0 Å². The van der Waals surface area contributed by atoms with Crippen LogP contribution < -0.4 is 0 Å². The number of aliphatic hydroxyl groups is 1. The second-order valence-corrected chi connectivity index (χ2v) is 3.58. The van der Waals surface area contributed by atoms with Crippen LogP contribution >= 0.6 is 0 Å². The van der Waals surface area contributed by atoms with E-state index in [1.807, 2.05) is 4.90 Å². The summed E-state index contributed by atoms with van der Waals surface area (Å²) in [6, 6.07) is -0.576. The first kappa shape index (κ1) is 11.4. The van der Waals surface area contributed by atoms with Crippen LogP contribution in [-0.2, 0) is 9.53 Å². The number of piperidine rings is 1. The van der Waals surface area contributed by atoms with Crippen LogP contribution in [0.5, 0.6) is 0 Å². The third-order valence-corrected chi connectivity index (χ3v) is 2.55. The van der Waals surface area contributed by atoms with E-state index in [2.05, 4.69) is 0 Å². The molecule has 14 heavy (non-hydrogen) atoms. The molecule has 1 unspecified atom stereocenters. The third kappa shape index (κ3) is 2.94. The number of rotatable bonds is 4. The predicted octanol–water partition coefficient (Wildman–Crippen LogP) is -0.457. The lowest BCUT2D eigenvalue weighted by Crippen LogP contribution is -2.48. The van der Waals surface area contributed by atoms with Gasteiger partial charge in [-0.15, -0.1) is 0 Å². The Morgan fingerprint density at radius 1 is 1.57 bits per heavy atom. The van der Waals surface area contributed by atoms with E-state index >= 15 is 0 Å². The molecule has 0 aromatic carbocycles. The van der Waals surface area contributed by atoms with Crippen molar-refractivity contribution in [3.05, 3.63) is 0 Å². The minimum absolute atomic E-state index is 0.200. The van der Waals surface area contributed by atoms with Gasteiger partial charge in [0.2, 0.25) is 0 Å². The smallest absolute Gasteiger partial charge is 0.323 e. The molecule has 0 spiro atoms. The number of methoxy groups -OCH3 is 1. The molecule has 1 aliphatic heterocycles. The van der Waals surface area contributed by atoms with Crippen LogP contribution in [0.2, 0.25) is 0 Å². The quantitative estimate of drug-likeness (QED) is 0.647. The lowest BCUT2D eigenvalue weighted by molar-refractivity contribution is -0.146. The lowest BCUT2D eigenvalue weighted by Gasteiger charge is -2.33. The molecule has 0 aromatic rings. The Kier molecular flexibility index (Phi) is 4.31. The molecule has 0 bridgehead atoms. The van der Waals surface area contributed by atoms with Gasteiger partial charge in [-0.05, 0) is 12.8 Å². The van der Waals surface area contributed by atoms with Gasteiger partial charge in [-0.2, -0.15) is 0 Å². The number of hydrogen-bond acceptors (Lipinski definition) is 4. The maximum Gasteiger partial charge on any atom is 0.323 e. The highest BCUT2D eigenvalue weighted by atomic mass is 16.5. The minimum atomic E-state index is -0.858. The lowest BCUT2D eigenvalue weighted by atomic mass is 10.1. The van der Waals surface area contributed by atoms with E-state index in [0.29, 0.717) is 25.9 Å². The second kappa shape index (κ2) is 5.29. The number of nitrogens with zero attached hydrogens (tertiary/aromatic N) is 1. The van der Waals surface area contributed by atoms with Gasteiger partial charge in [0.25, 0.3) is 0 Å². The van der Waals surface area contributed by atoms with E-state index in [9.17, 15) is 9.90 Å². The molecule has 1 saturated heterocycles. The summed E-state index contributed by atoms with van der Waals surface area (Å²) in [5.74, 6) is -0.858.